The van der Waals surface area contributed by atoms with E-state index in [4.69, 9.17) is 22.4 Å². The average Bonchev–Trinajstić information content (AvgIpc) is 2.28. The molecule has 96 valence electrons. The molecule has 0 aliphatic carbocycles. The summed E-state index contributed by atoms with van der Waals surface area (Å²) in [6, 6.07) is 4.55. The summed E-state index contributed by atoms with van der Waals surface area (Å²) in [5.41, 5.74) is 5.14. The molecule has 0 aromatic heterocycles. The molecule has 0 bridgehead atoms. The summed E-state index contributed by atoms with van der Waals surface area (Å²) in [6.45, 7) is 0. The Balaban J connectivity index is 2.75. The lowest BCUT2D eigenvalue weighted by molar-refractivity contribution is -0.140. The smallest absolute Gasteiger partial charge is 0.326 e. The number of amides is 2. The highest BCUT2D eigenvalue weighted by atomic mass is 35.5. The largest absolute Gasteiger partial charge is 0.480 e. The van der Waals surface area contributed by atoms with Crippen molar-refractivity contribution in [3.8, 4) is 0 Å². The van der Waals surface area contributed by atoms with E-state index in [2.05, 4.69) is 5.32 Å². The Morgan fingerprint density at radius 3 is 2.28 bits per heavy atom. The average molecular weight is 271 g/mol. The van der Waals surface area contributed by atoms with Gasteiger partial charge in [0.15, 0.2) is 0 Å². The normalized spacial score (nSPS) is 11.6. The van der Waals surface area contributed by atoms with Gasteiger partial charge in [-0.2, -0.15) is 0 Å². The summed E-state index contributed by atoms with van der Waals surface area (Å²) in [5, 5.41) is 11.5. The van der Waals surface area contributed by atoms with Gasteiger partial charge in [-0.1, -0.05) is 11.6 Å². The quantitative estimate of drug-likeness (QED) is 0.719. The van der Waals surface area contributed by atoms with Gasteiger partial charge in [-0.25, -0.2) is 4.79 Å². The fourth-order valence-electron chi connectivity index (χ4n) is 1.24. The zero-order valence-corrected chi connectivity index (χ0v) is 9.98. The molecule has 1 atom stereocenters. The molecule has 0 aliphatic rings. The van der Waals surface area contributed by atoms with Gasteiger partial charge >= 0.3 is 5.97 Å². The minimum absolute atomic E-state index is 0.245. The minimum atomic E-state index is -1.34. The van der Waals surface area contributed by atoms with E-state index in [0.29, 0.717) is 5.02 Å². The van der Waals surface area contributed by atoms with Crippen LogP contribution in [0.5, 0.6) is 0 Å². The Kier molecular flexibility index (Phi) is 4.67. The van der Waals surface area contributed by atoms with E-state index in [-0.39, 0.29) is 5.56 Å². The number of carboxylic acid groups (broad SMARTS) is 1. The highest BCUT2D eigenvalue weighted by Crippen LogP contribution is 2.09. The zero-order valence-electron chi connectivity index (χ0n) is 9.22. The molecular formula is C11H11ClN2O4. The van der Waals surface area contributed by atoms with Crippen molar-refractivity contribution in [2.24, 2.45) is 5.73 Å². The van der Waals surface area contributed by atoms with Gasteiger partial charge in [0.25, 0.3) is 5.91 Å². The van der Waals surface area contributed by atoms with Crippen LogP contribution in [0.1, 0.15) is 16.8 Å². The third-order valence-electron chi connectivity index (χ3n) is 2.12. The maximum absolute atomic E-state index is 11.7. The summed E-state index contributed by atoms with van der Waals surface area (Å²) >= 11 is 5.65. The fourth-order valence-corrected chi connectivity index (χ4v) is 1.37. The number of rotatable bonds is 5. The van der Waals surface area contributed by atoms with E-state index in [1.807, 2.05) is 0 Å². The number of hydrogen-bond donors (Lipinski definition) is 3. The van der Waals surface area contributed by atoms with Crippen LogP contribution in [-0.2, 0) is 9.59 Å². The number of primary amides is 1. The summed E-state index contributed by atoms with van der Waals surface area (Å²) in [4.78, 5) is 33.2. The maximum atomic E-state index is 11.7. The summed E-state index contributed by atoms with van der Waals surface area (Å²) < 4.78 is 0. The van der Waals surface area contributed by atoms with Crippen molar-refractivity contribution in [3.05, 3.63) is 34.9 Å². The Morgan fingerprint density at radius 1 is 1.28 bits per heavy atom. The number of halogens is 1. The number of aliphatic carboxylic acids is 1. The van der Waals surface area contributed by atoms with Gasteiger partial charge in [0.1, 0.15) is 6.04 Å². The highest BCUT2D eigenvalue weighted by Gasteiger charge is 2.22. The SMILES string of the molecule is NC(=O)C[C@H](NC(=O)c1ccc(Cl)cc1)C(=O)O. The van der Waals surface area contributed by atoms with Gasteiger partial charge in [0.05, 0.1) is 6.42 Å². The van der Waals surface area contributed by atoms with Crippen LogP contribution in [-0.4, -0.2) is 28.9 Å². The molecule has 2 amide bonds. The summed E-state index contributed by atoms with van der Waals surface area (Å²) in [6.07, 6.45) is -0.464. The molecular weight excluding hydrogens is 260 g/mol. The first-order chi connectivity index (χ1) is 8.40. The lowest BCUT2D eigenvalue weighted by Crippen LogP contribution is -2.43. The standard InChI is InChI=1S/C11H11ClN2O4/c12-7-3-1-6(2-4-7)10(16)14-8(11(17)18)5-9(13)15/h1-4,8H,5H2,(H2,13,15)(H,14,16)(H,17,18)/t8-/m0/s1. The predicted octanol–water partition coefficient (Wildman–Crippen LogP) is 0.398. The monoisotopic (exact) mass is 270 g/mol. The van der Waals surface area contributed by atoms with Gasteiger partial charge in [-0.15, -0.1) is 0 Å². The van der Waals surface area contributed by atoms with Crippen molar-refractivity contribution in [1.29, 1.82) is 0 Å². The first-order valence-electron chi connectivity index (χ1n) is 4.97. The van der Waals surface area contributed by atoms with E-state index >= 15 is 0 Å². The third-order valence-corrected chi connectivity index (χ3v) is 2.37. The van der Waals surface area contributed by atoms with Crippen molar-refractivity contribution in [2.45, 2.75) is 12.5 Å². The molecule has 7 heteroatoms. The maximum Gasteiger partial charge on any atom is 0.326 e. The van der Waals surface area contributed by atoms with Crippen LogP contribution in [0.3, 0.4) is 0 Å². The van der Waals surface area contributed by atoms with Crippen LogP contribution in [0.4, 0.5) is 0 Å². The van der Waals surface area contributed by atoms with Crippen LogP contribution >= 0.6 is 11.6 Å². The van der Waals surface area contributed by atoms with Crippen molar-refractivity contribution in [3.63, 3.8) is 0 Å². The Labute approximate surface area is 108 Å². The van der Waals surface area contributed by atoms with Crippen LogP contribution < -0.4 is 11.1 Å². The molecule has 0 spiro atoms. The lowest BCUT2D eigenvalue weighted by Gasteiger charge is -2.12. The lowest BCUT2D eigenvalue weighted by atomic mass is 10.1. The number of carbonyl (C=O) groups excluding carboxylic acids is 2. The molecule has 6 nitrogen and oxygen atoms in total. The van der Waals surface area contributed by atoms with E-state index in [1.165, 1.54) is 24.3 Å². The first-order valence-corrected chi connectivity index (χ1v) is 5.35. The molecule has 1 rings (SSSR count). The number of carbonyl (C=O) groups is 3. The van der Waals surface area contributed by atoms with Crippen molar-refractivity contribution in [2.75, 3.05) is 0 Å². The van der Waals surface area contributed by atoms with Crippen LogP contribution in [0.25, 0.3) is 0 Å². The predicted molar refractivity (Wildman–Crippen MR) is 64.2 cm³/mol. The van der Waals surface area contributed by atoms with Gasteiger partial charge in [0.2, 0.25) is 5.91 Å². The molecule has 0 aliphatic heterocycles. The zero-order chi connectivity index (χ0) is 13.7. The van der Waals surface area contributed by atoms with Gasteiger partial charge in [-0.05, 0) is 24.3 Å². The summed E-state index contributed by atoms with van der Waals surface area (Å²) in [5.74, 6) is -2.74. The number of hydrogen-bond acceptors (Lipinski definition) is 3. The molecule has 0 saturated carbocycles. The Hall–Kier alpha value is -2.08. The van der Waals surface area contributed by atoms with E-state index in [9.17, 15) is 14.4 Å². The first kappa shape index (κ1) is 14.0. The Bertz CT molecular complexity index is 472. The van der Waals surface area contributed by atoms with Crippen molar-refractivity contribution >= 4 is 29.4 Å². The van der Waals surface area contributed by atoms with Crippen molar-refractivity contribution < 1.29 is 19.5 Å². The number of carboxylic acids is 1. The molecule has 18 heavy (non-hydrogen) atoms. The number of nitrogens with two attached hydrogens (primary N) is 1. The molecule has 0 saturated heterocycles. The second-order valence-corrected chi connectivity index (χ2v) is 3.98. The van der Waals surface area contributed by atoms with Gasteiger partial charge < -0.3 is 16.2 Å². The minimum Gasteiger partial charge on any atom is -0.480 e. The van der Waals surface area contributed by atoms with E-state index < -0.39 is 30.2 Å². The van der Waals surface area contributed by atoms with Gasteiger partial charge in [-0.3, -0.25) is 9.59 Å². The molecule has 0 unspecified atom stereocenters. The van der Waals surface area contributed by atoms with Crippen LogP contribution in [0.15, 0.2) is 24.3 Å². The van der Waals surface area contributed by atoms with Crippen molar-refractivity contribution in [1.82, 2.24) is 5.32 Å². The fraction of sp³-hybridized carbons (Fsp3) is 0.182. The topological polar surface area (TPSA) is 109 Å². The molecule has 0 radical (unpaired) electrons. The summed E-state index contributed by atoms with van der Waals surface area (Å²) in [7, 11) is 0. The molecule has 0 heterocycles. The van der Waals surface area contributed by atoms with E-state index in [1.54, 1.807) is 0 Å². The third kappa shape index (κ3) is 4.06. The Morgan fingerprint density at radius 2 is 1.83 bits per heavy atom. The molecule has 4 N–H and O–H groups in total. The number of benzene rings is 1. The molecule has 0 fully saturated rings. The second kappa shape index (κ2) is 6.02. The van der Waals surface area contributed by atoms with Crippen LogP contribution in [0, 0.1) is 0 Å². The van der Waals surface area contributed by atoms with Gasteiger partial charge in [0, 0.05) is 10.6 Å². The second-order valence-electron chi connectivity index (χ2n) is 3.54. The number of nitrogens with one attached hydrogen (secondary N) is 1. The van der Waals surface area contributed by atoms with E-state index in [0.717, 1.165) is 0 Å². The van der Waals surface area contributed by atoms with Crippen LogP contribution in [0.2, 0.25) is 5.02 Å². The molecule has 1 aromatic rings. The highest BCUT2D eigenvalue weighted by molar-refractivity contribution is 6.30. The molecule has 1 aromatic carbocycles.